The van der Waals surface area contributed by atoms with E-state index in [0.717, 1.165) is 25.0 Å². The molecule has 0 atom stereocenters. The van der Waals surface area contributed by atoms with Crippen molar-refractivity contribution in [1.82, 2.24) is 4.73 Å². The summed E-state index contributed by atoms with van der Waals surface area (Å²) in [5.41, 5.74) is 5.95. The molecular weight excluding hydrogens is 382 g/mol. The van der Waals surface area contributed by atoms with Crippen LogP contribution in [0.15, 0.2) is 29.1 Å². The Bertz CT molecular complexity index is 885. The Morgan fingerprint density at radius 3 is 1.74 bits per heavy atom. The molecule has 2 rings (SSSR count). The lowest BCUT2D eigenvalue weighted by Crippen LogP contribution is -2.21. The number of aryl methyl sites for hydroxylation is 1. The highest BCUT2D eigenvalue weighted by molar-refractivity contribution is 5.30. The van der Waals surface area contributed by atoms with Crippen LogP contribution in [0, 0.1) is 20.8 Å². The quantitative estimate of drug-likeness (QED) is 0.305. The molecular formula is C28H43NO2. The van der Waals surface area contributed by atoms with Gasteiger partial charge in [-0.1, -0.05) is 83.6 Å². The fourth-order valence-corrected chi connectivity index (χ4v) is 4.24. The largest absolute Gasteiger partial charge is 0.428 e. The smallest absolute Gasteiger partial charge is 0.188 e. The van der Waals surface area contributed by atoms with E-state index in [4.69, 9.17) is 0 Å². The predicted octanol–water partition coefficient (Wildman–Crippen LogP) is 7.21. The summed E-state index contributed by atoms with van der Waals surface area (Å²) in [6.45, 7) is 12.2. The molecule has 3 heteroatoms. The number of nitrogens with zero attached hydrogens (tertiary/aromatic N) is 1. The Hall–Kier alpha value is -2.03. The fourth-order valence-electron chi connectivity index (χ4n) is 4.24. The second-order valence-electron chi connectivity index (χ2n) is 10.2. The Morgan fingerprint density at radius 1 is 0.742 bits per heavy atom. The van der Waals surface area contributed by atoms with Crippen LogP contribution in [0.2, 0.25) is 0 Å². The molecule has 0 unspecified atom stereocenters. The van der Waals surface area contributed by atoms with E-state index in [1.54, 1.807) is 13.8 Å². The highest BCUT2D eigenvalue weighted by Gasteiger charge is 2.14. The summed E-state index contributed by atoms with van der Waals surface area (Å²) in [6, 6.07) is 9.16. The van der Waals surface area contributed by atoms with Gasteiger partial charge in [-0.15, -0.1) is 0 Å². The minimum Gasteiger partial charge on any atom is -0.428 e. The second kappa shape index (κ2) is 11.5. The number of benzene rings is 1. The molecule has 1 aromatic carbocycles. The number of aromatic nitrogens is 1. The number of hydrogen-bond donors (Lipinski definition) is 1. The third kappa shape index (κ3) is 7.26. The van der Waals surface area contributed by atoms with E-state index in [9.17, 15) is 10.0 Å². The summed E-state index contributed by atoms with van der Waals surface area (Å²) in [5, 5.41) is 10.3. The summed E-state index contributed by atoms with van der Waals surface area (Å²) < 4.78 is 1.22. The van der Waals surface area contributed by atoms with Crippen LogP contribution >= 0.6 is 0 Å². The van der Waals surface area contributed by atoms with E-state index in [2.05, 4.69) is 45.0 Å². The lowest BCUT2D eigenvalue weighted by Gasteiger charge is -2.19. The molecule has 0 aliphatic heterocycles. The van der Waals surface area contributed by atoms with Crippen LogP contribution in [0.5, 0.6) is 0 Å². The zero-order valence-corrected chi connectivity index (χ0v) is 20.7. The lowest BCUT2D eigenvalue weighted by atomic mass is 9.86. The summed E-state index contributed by atoms with van der Waals surface area (Å²) in [4.78, 5) is 12.2. The van der Waals surface area contributed by atoms with Crippen LogP contribution < -0.4 is 5.43 Å². The predicted molar refractivity (Wildman–Crippen MR) is 132 cm³/mol. The Kier molecular flexibility index (Phi) is 9.40. The molecule has 0 radical (unpaired) electrons. The van der Waals surface area contributed by atoms with Crippen LogP contribution in [0.4, 0.5) is 0 Å². The van der Waals surface area contributed by atoms with Crippen molar-refractivity contribution in [3.05, 3.63) is 68.1 Å². The van der Waals surface area contributed by atoms with Crippen LogP contribution in [-0.2, 0) is 18.3 Å². The molecule has 0 aliphatic carbocycles. The second-order valence-corrected chi connectivity index (χ2v) is 10.2. The van der Waals surface area contributed by atoms with Gasteiger partial charge < -0.3 is 5.21 Å². The van der Waals surface area contributed by atoms with Gasteiger partial charge in [-0.25, -0.2) is 0 Å². The van der Waals surface area contributed by atoms with Gasteiger partial charge in [0, 0.05) is 11.1 Å². The van der Waals surface area contributed by atoms with Crippen LogP contribution in [-0.4, -0.2) is 9.94 Å². The summed E-state index contributed by atoms with van der Waals surface area (Å²) in [6.07, 6.45) is 11.8. The molecule has 0 bridgehead atoms. The first kappa shape index (κ1) is 25.2. The molecule has 0 fully saturated rings. The number of hydrogen-bond acceptors (Lipinski definition) is 2. The highest BCUT2D eigenvalue weighted by Crippen LogP contribution is 2.23. The molecule has 2 aromatic rings. The molecule has 3 nitrogen and oxygen atoms in total. The molecule has 1 N–H and O–H groups in total. The summed E-state index contributed by atoms with van der Waals surface area (Å²) >= 11 is 0. The maximum Gasteiger partial charge on any atom is 0.188 e. The standard InChI is InChI=1S/C28H43NO2/c1-21-23(3)29(31)26(22(2)27(21)30)16-14-12-10-8-7-9-11-13-15-24-17-19-25(20-18-24)28(4,5)6/h17-20,31H,7-16H2,1-6H3. The van der Waals surface area contributed by atoms with Crippen molar-refractivity contribution in [2.75, 3.05) is 0 Å². The molecule has 0 aliphatic rings. The molecule has 31 heavy (non-hydrogen) atoms. The van der Waals surface area contributed by atoms with E-state index in [-0.39, 0.29) is 10.8 Å². The number of rotatable bonds is 11. The molecule has 0 spiro atoms. The van der Waals surface area contributed by atoms with Crippen molar-refractivity contribution in [2.24, 2.45) is 0 Å². The minimum atomic E-state index is 0.0722. The third-order valence-corrected chi connectivity index (χ3v) is 6.68. The number of pyridine rings is 1. The minimum absolute atomic E-state index is 0.0722. The lowest BCUT2D eigenvalue weighted by molar-refractivity contribution is 0.165. The van der Waals surface area contributed by atoms with Crippen molar-refractivity contribution >= 4 is 0 Å². The SMILES string of the molecule is Cc1c(C)n(O)c(CCCCCCCCCCc2ccc(C(C)(C)C)cc2)c(C)c1=O. The van der Waals surface area contributed by atoms with Gasteiger partial charge in [0.05, 0.1) is 11.4 Å². The maximum atomic E-state index is 12.2. The monoisotopic (exact) mass is 425 g/mol. The summed E-state index contributed by atoms with van der Waals surface area (Å²) in [5.74, 6) is 0. The summed E-state index contributed by atoms with van der Waals surface area (Å²) in [7, 11) is 0. The van der Waals surface area contributed by atoms with Crippen LogP contribution in [0.25, 0.3) is 0 Å². The van der Waals surface area contributed by atoms with E-state index in [1.807, 2.05) is 6.92 Å². The molecule has 0 amide bonds. The van der Waals surface area contributed by atoms with Gasteiger partial charge in [0.25, 0.3) is 0 Å². The van der Waals surface area contributed by atoms with Gasteiger partial charge in [-0.3, -0.25) is 4.79 Å². The van der Waals surface area contributed by atoms with Gasteiger partial charge >= 0.3 is 0 Å². The van der Waals surface area contributed by atoms with Crippen molar-refractivity contribution in [3.8, 4) is 0 Å². The topological polar surface area (TPSA) is 42.2 Å². The Labute approximate surface area is 189 Å². The Balaban J connectivity index is 1.57. The first-order chi connectivity index (χ1) is 14.6. The average molecular weight is 426 g/mol. The van der Waals surface area contributed by atoms with Gasteiger partial charge in [0.15, 0.2) is 5.43 Å². The maximum absolute atomic E-state index is 12.2. The fraction of sp³-hybridized carbons (Fsp3) is 0.607. The van der Waals surface area contributed by atoms with Crippen molar-refractivity contribution in [1.29, 1.82) is 0 Å². The van der Waals surface area contributed by atoms with Crippen molar-refractivity contribution in [2.45, 2.75) is 111 Å². The van der Waals surface area contributed by atoms with Gasteiger partial charge in [-0.05, 0) is 63.0 Å². The van der Waals surface area contributed by atoms with E-state index in [1.165, 1.54) is 60.8 Å². The van der Waals surface area contributed by atoms with E-state index >= 15 is 0 Å². The van der Waals surface area contributed by atoms with E-state index in [0.29, 0.717) is 16.8 Å². The molecule has 172 valence electrons. The zero-order chi connectivity index (χ0) is 23.0. The van der Waals surface area contributed by atoms with Crippen molar-refractivity contribution < 1.29 is 5.21 Å². The van der Waals surface area contributed by atoms with Gasteiger partial charge in [0.2, 0.25) is 0 Å². The molecule has 0 saturated carbocycles. The highest BCUT2D eigenvalue weighted by atomic mass is 16.5. The molecule has 1 aromatic heterocycles. The van der Waals surface area contributed by atoms with Gasteiger partial charge in [0.1, 0.15) is 0 Å². The van der Waals surface area contributed by atoms with E-state index < -0.39 is 0 Å². The number of unbranched alkanes of at least 4 members (excludes halogenated alkanes) is 7. The van der Waals surface area contributed by atoms with Crippen LogP contribution in [0.1, 0.15) is 106 Å². The normalized spacial score (nSPS) is 11.8. The molecule has 0 saturated heterocycles. The zero-order valence-electron chi connectivity index (χ0n) is 20.7. The molecule has 1 heterocycles. The average Bonchev–Trinajstić information content (AvgIpc) is 2.74. The van der Waals surface area contributed by atoms with Crippen molar-refractivity contribution in [3.63, 3.8) is 0 Å². The van der Waals surface area contributed by atoms with Crippen LogP contribution in [0.3, 0.4) is 0 Å². The van der Waals surface area contributed by atoms with Gasteiger partial charge in [-0.2, -0.15) is 4.73 Å². The Morgan fingerprint density at radius 2 is 1.23 bits per heavy atom. The first-order valence-electron chi connectivity index (χ1n) is 12.1. The first-order valence-corrected chi connectivity index (χ1v) is 12.1. The third-order valence-electron chi connectivity index (χ3n) is 6.68.